The normalized spacial score (nSPS) is 14.2. The highest BCUT2D eigenvalue weighted by molar-refractivity contribution is 9.10. The molecule has 0 bridgehead atoms. The molecule has 0 fully saturated rings. The van der Waals surface area contributed by atoms with E-state index in [0.717, 1.165) is 5.69 Å². The Morgan fingerprint density at radius 3 is 2.44 bits per heavy atom. The Kier molecular flexibility index (Phi) is 4.00. The number of aliphatic hydroxyl groups is 1. The van der Waals surface area contributed by atoms with Crippen LogP contribution in [0.1, 0.15) is 12.7 Å². The third kappa shape index (κ3) is 2.88. The van der Waals surface area contributed by atoms with Gasteiger partial charge in [-0.3, -0.25) is 0 Å². The second-order valence-electron chi connectivity index (χ2n) is 4.23. The van der Waals surface area contributed by atoms with E-state index in [1.807, 2.05) is 25.1 Å². The molecule has 0 aliphatic carbocycles. The van der Waals surface area contributed by atoms with Gasteiger partial charge in [-0.05, 0) is 59.3 Å². The summed E-state index contributed by atoms with van der Waals surface area (Å²) in [6, 6.07) is 10.9. The average Bonchev–Trinajstić information content (AvgIpc) is 2.79. The molecule has 0 amide bonds. The Hall–Kier alpha value is -0.970. The SMILES string of the molecule is CC(CO)(Nc1ccc(Cl)cc1)c1ccc(Br)o1. The lowest BCUT2D eigenvalue weighted by Gasteiger charge is -2.27. The maximum absolute atomic E-state index is 9.60. The molecule has 0 saturated heterocycles. The first kappa shape index (κ1) is 13.5. The van der Waals surface area contributed by atoms with Crippen molar-refractivity contribution in [1.82, 2.24) is 0 Å². The molecule has 2 aromatic rings. The molecule has 5 heteroatoms. The van der Waals surface area contributed by atoms with Crippen molar-refractivity contribution in [3.05, 3.63) is 51.9 Å². The molecule has 0 aliphatic heterocycles. The van der Waals surface area contributed by atoms with Gasteiger partial charge in [-0.25, -0.2) is 0 Å². The van der Waals surface area contributed by atoms with Gasteiger partial charge in [0.05, 0.1) is 6.61 Å². The van der Waals surface area contributed by atoms with E-state index in [1.54, 1.807) is 18.2 Å². The summed E-state index contributed by atoms with van der Waals surface area (Å²) in [6.07, 6.45) is 0. The van der Waals surface area contributed by atoms with Gasteiger partial charge in [0.15, 0.2) is 4.67 Å². The minimum atomic E-state index is -0.681. The number of rotatable bonds is 4. The van der Waals surface area contributed by atoms with Crippen LogP contribution in [0.3, 0.4) is 0 Å². The summed E-state index contributed by atoms with van der Waals surface area (Å²) in [5.74, 6) is 0.659. The largest absolute Gasteiger partial charge is 0.452 e. The third-order valence-electron chi connectivity index (χ3n) is 2.70. The summed E-state index contributed by atoms with van der Waals surface area (Å²) >= 11 is 9.09. The number of benzene rings is 1. The summed E-state index contributed by atoms with van der Waals surface area (Å²) < 4.78 is 6.14. The number of halogens is 2. The molecular formula is C13H13BrClNO2. The van der Waals surface area contributed by atoms with Crippen LogP contribution in [0.25, 0.3) is 0 Å². The van der Waals surface area contributed by atoms with Gasteiger partial charge < -0.3 is 14.8 Å². The first-order valence-electron chi connectivity index (χ1n) is 5.44. The van der Waals surface area contributed by atoms with Crippen molar-refractivity contribution >= 4 is 33.2 Å². The minimum absolute atomic E-state index is 0.0877. The van der Waals surface area contributed by atoms with Crippen molar-refractivity contribution < 1.29 is 9.52 Å². The van der Waals surface area contributed by atoms with Gasteiger partial charge in [0.25, 0.3) is 0 Å². The van der Waals surface area contributed by atoms with Crippen LogP contribution in [-0.2, 0) is 5.54 Å². The van der Waals surface area contributed by atoms with Gasteiger partial charge in [-0.2, -0.15) is 0 Å². The fourth-order valence-corrected chi connectivity index (χ4v) is 2.07. The summed E-state index contributed by atoms with van der Waals surface area (Å²) in [5.41, 5.74) is 0.184. The van der Waals surface area contributed by atoms with Crippen molar-refractivity contribution in [1.29, 1.82) is 0 Å². The van der Waals surface area contributed by atoms with Crippen molar-refractivity contribution in [3.8, 4) is 0 Å². The molecule has 0 aliphatic rings. The van der Waals surface area contributed by atoms with Crippen LogP contribution in [0.5, 0.6) is 0 Å². The lowest BCUT2D eigenvalue weighted by molar-refractivity contribution is 0.202. The monoisotopic (exact) mass is 329 g/mol. The number of nitrogens with one attached hydrogen (secondary N) is 1. The minimum Gasteiger partial charge on any atom is -0.452 e. The average molecular weight is 331 g/mol. The van der Waals surface area contributed by atoms with Gasteiger partial charge in [0.2, 0.25) is 0 Å². The van der Waals surface area contributed by atoms with Crippen LogP contribution in [0.2, 0.25) is 5.02 Å². The van der Waals surface area contributed by atoms with Gasteiger partial charge in [0.1, 0.15) is 11.3 Å². The van der Waals surface area contributed by atoms with Crippen LogP contribution in [-0.4, -0.2) is 11.7 Å². The molecule has 1 heterocycles. The van der Waals surface area contributed by atoms with Crippen molar-refractivity contribution in [3.63, 3.8) is 0 Å². The molecule has 0 spiro atoms. The fraction of sp³-hybridized carbons (Fsp3) is 0.231. The highest BCUT2D eigenvalue weighted by Gasteiger charge is 2.29. The molecule has 1 unspecified atom stereocenters. The Labute approximate surface area is 119 Å². The molecule has 2 rings (SSSR count). The van der Waals surface area contributed by atoms with E-state index in [0.29, 0.717) is 15.5 Å². The summed E-state index contributed by atoms with van der Waals surface area (Å²) in [6.45, 7) is 1.78. The second kappa shape index (κ2) is 5.34. The molecule has 1 atom stereocenters. The molecule has 1 aromatic heterocycles. The molecule has 96 valence electrons. The zero-order valence-corrected chi connectivity index (χ0v) is 12.1. The molecular weight excluding hydrogens is 318 g/mol. The van der Waals surface area contributed by atoms with E-state index in [2.05, 4.69) is 21.2 Å². The smallest absolute Gasteiger partial charge is 0.169 e. The van der Waals surface area contributed by atoms with Crippen molar-refractivity contribution in [2.24, 2.45) is 0 Å². The lowest BCUT2D eigenvalue weighted by atomic mass is 10.00. The Morgan fingerprint density at radius 1 is 1.28 bits per heavy atom. The Morgan fingerprint density at radius 2 is 1.94 bits per heavy atom. The van der Waals surface area contributed by atoms with E-state index < -0.39 is 5.54 Å². The van der Waals surface area contributed by atoms with E-state index in [4.69, 9.17) is 16.0 Å². The first-order valence-corrected chi connectivity index (χ1v) is 6.61. The van der Waals surface area contributed by atoms with Gasteiger partial charge in [0, 0.05) is 10.7 Å². The molecule has 0 saturated carbocycles. The molecule has 18 heavy (non-hydrogen) atoms. The summed E-state index contributed by atoms with van der Waals surface area (Å²) in [7, 11) is 0. The zero-order chi connectivity index (χ0) is 13.2. The van der Waals surface area contributed by atoms with Crippen LogP contribution in [0, 0.1) is 0 Å². The standard InChI is InChI=1S/C13H13BrClNO2/c1-13(8-17,11-6-7-12(14)18-11)16-10-4-2-9(15)3-5-10/h2-7,16-17H,8H2,1H3. The number of aliphatic hydroxyl groups excluding tert-OH is 1. The van der Waals surface area contributed by atoms with Gasteiger partial charge in [-0.15, -0.1) is 0 Å². The van der Waals surface area contributed by atoms with Gasteiger partial charge in [-0.1, -0.05) is 11.6 Å². The van der Waals surface area contributed by atoms with Gasteiger partial charge >= 0.3 is 0 Å². The predicted molar refractivity (Wildman–Crippen MR) is 75.9 cm³/mol. The zero-order valence-electron chi connectivity index (χ0n) is 9.78. The van der Waals surface area contributed by atoms with Crippen LogP contribution >= 0.6 is 27.5 Å². The predicted octanol–water partition coefficient (Wildman–Crippen LogP) is 4.02. The molecule has 2 N–H and O–H groups in total. The topological polar surface area (TPSA) is 45.4 Å². The number of furan rings is 1. The van der Waals surface area contributed by atoms with Crippen LogP contribution in [0.15, 0.2) is 45.5 Å². The van der Waals surface area contributed by atoms with Crippen LogP contribution in [0.4, 0.5) is 5.69 Å². The number of hydrogen-bond acceptors (Lipinski definition) is 3. The third-order valence-corrected chi connectivity index (χ3v) is 3.38. The second-order valence-corrected chi connectivity index (χ2v) is 5.44. The number of hydrogen-bond donors (Lipinski definition) is 2. The van der Waals surface area contributed by atoms with E-state index in [9.17, 15) is 5.11 Å². The van der Waals surface area contributed by atoms with E-state index >= 15 is 0 Å². The highest BCUT2D eigenvalue weighted by Crippen LogP contribution is 2.29. The summed E-state index contributed by atoms with van der Waals surface area (Å²) in [5, 5.41) is 13.5. The lowest BCUT2D eigenvalue weighted by Crippen LogP contribution is -2.35. The Balaban J connectivity index is 2.25. The van der Waals surface area contributed by atoms with Crippen LogP contribution < -0.4 is 5.32 Å². The summed E-state index contributed by atoms with van der Waals surface area (Å²) in [4.78, 5) is 0. The molecule has 1 aromatic carbocycles. The van der Waals surface area contributed by atoms with Crippen molar-refractivity contribution in [2.45, 2.75) is 12.5 Å². The van der Waals surface area contributed by atoms with E-state index in [-0.39, 0.29) is 6.61 Å². The molecule has 3 nitrogen and oxygen atoms in total. The Bertz CT molecular complexity index is 526. The number of anilines is 1. The highest BCUT2D eigenvalue weighted by atomic mass is 79.9. The maximum Gasteiger partial charge on any atom is 0.169 e. The maximum atomic E-state index is 9.60. The quantitative estimate of drug-likeness (QED) is 0.890. The molecule has 0 radical (unpaired) electrons. The fourth-order valence-electron chi connectivity index (χ4n) is 1.64. The van der Waals surface area contributed by atoms with Crippen molar-refractivity contribution in [2.75, 3.05) is 11.9 Å². The van der Waals surface area contributed by atoms with E-state index in [1.165, 1.54) is 0 Å². The first-order chi connectivity index (χ1) is 8.53.